The predicted octanol–water partition coefficient (Wildman–Crippen LogP) is 2.91. The van der Waals surface area contributed by atoms with E-state index in [1.165, 1.54) is 0 Å². The fraction of sp³-hybridized carbons (Fsp3) is 0.385. The van der Waals surface area contributed by atoms with E-state index in [0.717, 1.165) is 17.9 Å². The summed E-state index contributed by atoms with van der Waals surface area (Å²) >= 11 is 0. The molecule has 0 aliphatic carbocycles. The largest absolute Gasteiger partial charge is 0.497 e. The lowest BCUT2D eigenvalue weighted by molar-refractivity contribution is 0.415. The minimum atomic E-state index is -0.283. The summed E-state index contributed by atoms with van der Waals surface area (Å²) in [5, 5.41) is 3.31. The van der Waals surface area contributed by atoms with Crippen molar-refractivity contribution in [3.8, 4) is 18.1 Å². The lowest BCUT2D eigenvalue weighted by Crippen LogP contribution is -2.31. The quantitative estimate of drug-likeness (QED) is 0.760. The second kappa shape index (κ2) is 4.75. The van der Waals surface area contributed by atoms with Crippen molar-refractivity contribution < 1.29 is 4.74 Å². The van der Waals surface area contributed by atoms with Gasteiger partial charge >= 0.3 is 0 Å². The van der Waals surface area contributed by atoms with Crippen LogP contribution in [0.25, 0.3) is 0 Å². The zero-order valence-electron chi connectivity index (χ0n) is 9.50. The van der Waals surface area contributed by atoms with Gasteiger partial charge in [-0.05, 0) is 37.6 Å². The van der Waals surface area contributed by atoms with Gasteiger partial charge in [0, 0.05) is 5.69 Å². The standard InChI is InChI=1S/C13H17NO/c1-5-13(3,6-2)14-11-7-9-12(15-4)10-8-11/h1,7-10,14H,6H2,2-4H3. The van der Waals surface area contributed by atoms with Crippen molar-refractivity contribution in [3.05, 3.63) is 24.3 Å². The minimum Gasteiger partial charge on any atom is -0.497 e. The smallest absolute Gasteiger partial charge is 0.119 e. The van der Waals surface area contributed by atoms with Crippen molar-refractivity contribution in [2.45, 2.75) is 25.8 Å². The summed E-state index contributed by atoms with van der Waals surface area (Å²) in [5.74, 6) is 3.61. The first-order valence-corrected chi connectivity index (χ1v) is 5.03. The molecule has 0 aliphatic heterocycles. The van der Waals surface area contributed by atoms with Gasteiger partial charge in [-0.1, -0.05) is 12.8 Å². The third kappa shape index (κ3) is 2.92. The molecule has 0 heterocycles. The van der Waals surface area contributed by atoms with E-state index in [1.807, 2.05) is 31.2 Å². The van der Waals surface area contributed by atoms with Gasteiger partial charge in [-0.25, -0.2) is 0 Å². The van der Waals surface area contributed by atoms with Gasteiger partial charge in [0.05, 0.1) is 12.6 Å². The van der Waals surface area contributed by atoms with Gasteiger partial charge in [0.25, 0.3) is 0 Å². The van der Waals surface area contributed by atoms with Gasteiger partial charge < -0.3 is 10.1 Å². The van der Waals surface area contributed by atoms with Crippen LogP contribution >= 0.6 is 0 Å². The van der Waals surface area contributed by atoms with Crippen molar-refractivity contribution in [3.63, 3.8) is 0 Å². The average molecular weight is 203 g/mol. The molecular weight excluding hydrogens is 186 g/mol. The fourth-order valence-corrected chi connectivity index (χ4v) is 1.22. The van der Waals surface area contributed by atoms with E-state index >= 15 is 0 Å². The monoisotopic (exact) mass is 203 g/mol. The Bertz CT molecular complexity index is 350. The van der Waals surface area contributed by atoms with Gasteiger partial charge in [0.15, 0.2) is 0 Å². The van der Waals surface area contributed by atoms with Crippen LogP contribution in [-0.4, -0.2) is 12.6 Å². The molecule has 0 amide bonds. The highest BCUT2D eigenvalue weighted by Crippen LogP contribution is 2.20. The molecule has 0 saturated heterocycles. The summed E-state index contributed by atoms with van der Waals surface area (Å²) in [5.41, 5.74) is 0.729. The molecule has 80 valence electrons. The molecule has 1 rings (SSSR count). The number of benzene rings is 1. The SMILES string of the molecule is C#CC(C)(CC)Nc1ccc(OC)cc1. The lowest BCUT2D eigenvalue weighted by atomic mass is 10.00. The molecule has 2 nitrogen and oxygen atoms in total. The topological polar surface area (TPSA) is 21.3 Å². The van der Waals surface area contributed by atoms with E-state index in [9.17, 15) is 0 Å². The van der Waals surface area contributed by atoms with E-state index in [0.29, 0.717) is 0 Å². The van der Waals surface area contributed by atoms with E-state index in [1.54, 1.807) is 7.11 Å². The maximum Gasteiger partial charge on any atom is 0.119 e. The predicted molar refractivity (Wildman–Crippen MR) is 64.1 cm³/mol. The number of ether oxygens (including phenoxy) is 1. The van der Waals surface area contributed by atoms with Crippen LogP contribution in [0.3, 0.4) is 0 Å². The van der Waals surface area contributed by atoms with Crippen LogP contribution < -0.4 is 10.1 Å². The molecule has 15 heavy (non-hydrogen) atoms. The normalized spacial score (nSPS) is 13.7. The molecule has 0 saturated carbocycles. The Balaban J connectivity index is 2.77. The average Bonchev–Trinajstić information content (AvgIpc) is 2.30. The Morgan fingerprint density at radius 1 is 1.40 bits per heavy atom. The Labute approximate surface area is 91.6 Å². The summed E-state index contributed by atoms with van der Waals surface area (Å²) in [4.78, 5) is 0. The molecule has 0 aliphatic rings. The van der Waals surface area contributed by atoms with E-state index in [2.05, 4.69) is 18.2 Å². The van der Waals surface area contributed by atoms with Gasteiger partial charge in [-0.3, -0.25) is 0 Å². The van der Waals surface area contributed by atoms with E-state index in [4.69, 9.17) is 11.2 Å². The molecule has 1 aromatic rings. The van der Waals surface area contributed by atoms with Crippen molar-refractivity contribution in [2.75, 3.05) is 12.4 Å². The zero-order chi connectivity index (χ0) is 11.3. The minimum absolute atomic E-state index is 0.283. The summed E-state index contributed by atoms with van der Waals surface area (Å²) < 4.78 is 5.08. The molecule has 0 spiro atoms. The molecule has 1 atom stereocenters. The van der Waals surface area contributed by atoms with Crippen LogP contribution in [-0.2, 0) is 0 Å². The van der Waals surface area contributed by atoms with Gasteiger partial charge in [-0.2, -0.15) is 0 Å². The first-order chi connectivity index (χ1) is 7.13. The third-order valence-corrected chi connectivity index (χ3v) is 2.54. The maximum absolute atomic E-state index is 5.48. The Morgan fingerprint density at radius 2 is 2.00 bits per heavy atom. The van der Waals surface area contributed by atoms with Gasteiger partial charge in [-0.15, -0.1) is 6.42 Å². The highest BCUT2D eigenvalue weighted by molar-refractivity contribution is 5.50. The van der Waals surface area contributed by atoms with Crippen LogP contribution in [0, 0.1) is 12.3 Å². The second-order valence-corrected chi connectivity index (χ2v) is 3.68. The molecule has 1 unspecified atom stereocenters. The maximum atomic E-state index is 5.48. The van der Waals surface area contributed by atoms with Crippen LogP contribution in [0.1, 0.15) is 20.3 Å². The lowest BCUT2D eigenvalue weighted by Gasteiger charge is -2.24. The molecule has 0 radical (unpaired) electrons. The zero-order valence-corrected chi connectivity index (χ0v) is 9.50. The van der Waals surface area contributed by atoms with Gasteiger partial charge in [0.2, 0.25) is 0 Å². The Morgan fingerprint density at radius 3 is 2.40 bits per heavy atom. The fourth-order valence-electron chi connectivity index (χ4n) is 1.22. The van der Waals surface area contributed by atoms with Crippen LogP contribution in [0.4, 0.5) is 5.69 Å². The van der Waals surface area contributed by atoms with Crippen molar-refractivity contribution in [2.24, 2.45) is 0 Å². The molecule has 1 N–H and O–H groups in total. The van der Waals surface area contributed by atoms with Crippen LogP contribution in [0.5, 0.6) is 5.75 Å². The summed E-state index contributed by atoms with van der Waals surface area (Å²) in [7, 11) is 1.65. The summed E-state index contributed by atoms with van der Waals surface area (Å²) in [6.07, 6.45) is 6.37. The van der Waals surface area contributed by atoms with Gasteiger partial charge in [0.1, 0.15) is 5.75 Å². The second-order valence-electron chi connectivity index (χ2n) is 3.68. The first kappa shape index (κ1) is 11.5. The number of nitrogens with one attached hydrogen (secondary N) is 1. The highest BCUT2D eigenvalue weighted by atomic mass is 16.5. The molecular formula is C13H17NO. The van der Waals surface area contributed by atoms with Crippen LogP contribution in [0.15, 0.2) is 24.3 Å². The van der Waals surface area contributed by atoms with E-state index < -0.39 is 0 Å². The van der Waals surface area contributed by atoms with Crippen molar-refractivity contribution in [1.82, 2.24) is 0 Å². The van der Waals surface area contributed by atoms with Crippen molar-refractivity contribution in [1.29, 1.82) is 0 Å². The number of hydrogen-bond donors (Lipinski definition) is 1. The number of methoxy groups -OCH3 is 1. The first-order valence-electron chi connectivity index (χ1n) is 5.03. The molecule has 0 aromatic heterocycles. The Hall–Kier alpha value is -1.62. The number of anilines is 1. The highest BCUT2D eigenvalue weighted by Gasteiger charge is 2.17. The molecule has 0 bridgehead atoms. The molecule has 2 heteroatoms. The summed E-state index contributed by atoms with van der Waals surface area (Å²) in [6.45, 7) is 4.08. The number of rotatable bonds is 4. The van der Waals surface area contributed by atoms with E-state index in [-0.39, 0.29) is 5.54 Å². The van der Waals surface area contributed by atoms with Crippen molar-refractivity contribution >= 4 is 5.69 Å². The number of hydrogen-bond acceptors (Lipinski definition) is 2. The third-order valence-electron chi connectivity index (χ3n) is 2.54. The molecule has 1 aromatic carbocycles. The summed E-state index contributed by atoms with van der Waals surface area (Å²) in [6, 6.07) is 7.75. The number of terminal acetylenes is 1. The Kier molecular flexibility index (Phi) is 3.62. The molecule has 0 fully saturated rings. The van der Waals surface area contributed by atoms with Crippen LogP contribution in [0.2, 0.25) is 0 Å².